The van der Waals surface area contributed by atoms with Crippen molar-refractivity contribution in [1.29, 1.82) is 0 Å². The van der Waals surface area contributed by atoms with Gasteiger partial charge in [-0.25, -0.2) is 9.18 Å². The number of hydrogen-bond donors (Lipinski definition) is 0. The highest BCUT2D eigenvalue weighted by Gasteiger charge is 2.22. The zero-order valence-corrected chi connectivity index (χ0v) is 13.7. The van der Waals surface area contributed by atoms with E-state index in [9.17, 15) is 14.0 Å². The van der Waals surface area contributed by atoms with E-state index in [4.69, 9.17) is 0 Å². The second kappa shape index (κ2) is 6.27. The summed E-state index contributed by atoms with van der Waals surface area (Å²) < 4.78 is 17.0. The highest BCUT2D eigenvalue weighted by molar-refractivity contribution is 5.78. The van der Waals surface area contributed by atoms with E-state index in [1.165, 1.54) is 12.1 Å². The van der Waals surface area contributed by atoms with Crippen LogP contribution in [-0.2, 0) is 13.1 Å². The third-order valence-corrected chi connectivity index (χ3v) is 4.92. The fourth-order valence-corrected chi connectivity index (χ4v) is 3.32. The minimum atomic E-state index is -0.603. The molecular weight excluding hydrogens is 321 g/mol. The summed E-state index contributed by atoms with van der Waals surface area (Å²) >= 11 is 0. The summed E-state index contributed by atoms with van der Waals surface area (Å²) in [5.41, 5.74) is -0.0407. The third kappa shape index (κ3) is 2.77. The molecule has 2 aromatic heterocycles. The number of aromatic nitrogens is 3. The lowest BCUT2D eigenvalue weighted by Gasteiger charge is -2.27. The molecule has 2 heterocycles. The molecule has 6 heteroatoms. The van der Waals surface area contributed by atoms with Crippen molar-refractivity contribution in [3.8, 4) is 0 Å². The number of nitrogens with zero attached hydrogens (tertiary/aromatic N) is 3. The van der Waals surface area contributed by atoms with Crippen LogP contribution in [0.4, 0.5) is 4.39 Å². The van der Waals surface area contributed by atoms with E-state index in [2.05, 4.69) is 4.98 Å². The molecule has 0 radical (unpaired) electrons. The van der Waals surface area contributed by atoms with Gasteiger partial charge in [-0.3, -0.25) is 18.9 Å². The Morgan fingerprint density at radius 2 is 1.92 bits per heavy atom. The van der Waals surface area contributed by atoms with E-state index in [0.717, 1.165) is 23.8 Å². The molecule has 0 amide bonds. The van der Waals surface area contributed by atoms with Gasteiger partial charge in [0.1, 0.15) is 5.82 Å². The van der Waals surface area contributed by atoms with Gasteiger partial charge in [0.15, 0.2) is 0 Å². The summed E-state index contributed by atoms with van der Waals surface area (Å²) in [4.78, 5) is 29.9. The van der Waals surface area contributed by atoms with Crippen LogP contribution in [0.15, 0.2) is 52.2 Å². The highest BCUT2D eigenvalue weighted by atomic mass is 19.1. The van der Waals surface area contributed by atoms with Gasteiger partial charge in [-0.2, -0.15) is 0 Å². The van der Waals surface area contributed by atoms with Crippen LogP contribution in [0.2, 0.25) is 0 Å². The molecule has 1 fully saturated rings. The molecule has 128 valence electrons. The van der Waals surface area contributed by atoms with Gasteiger partial charge < -0.3 is 0 Å². The average molecular weight is 339 g/mol. The first kappa shape index (κ1) is 15.7. The Kier molecular flexibility index (Phi) is 3.95. The molecule has 1 aliphatic carbocycles. The summed E-state index contributed by atoms with van der Waals surface area (Å²) in [5.74, 6) is -0.190. The molecule has 0 N–H and O–H groups in total. The lowest BCUT2D eigenvalue weighted by molar-refractivity contribution is 0.274. The monoisotopic (exact) mass is 339 g/mol. The van der Waals surface area contributed by atoms with Gasteiger partial charge in [-0.1, -0.05) is 18.6 Å². The van der Waals surface area contributed by atoms with Crippen LogP contribution in [0, 0.1) is 11.7 Å². The zero-order valence-electron chi connectivity index (χ0n) is 13.7. The first-order valence-corrected chi connectivity index (χ1v) is 8.47. The summed E-state index contributed by atoms with van der Waals surface area (Å²) in [5, 5.41) is -0.0302. The third-order valence-electron chi connectivity index (χ3n) is 4.92. The first-order valence-electron chi connectivity index (χ1n) is 8.47. The largest absolute Gasteiger partial charge is 0.331 e. The summed E-state index contributed by atoms with van der Waals surface area (Å²) in [7, 11) is 0. The van der Waals surface area contributed by atoms with Crippen LogP contribution in [-0.4, -0.2) is 14.1 Å². The molecule has 0 unspecified atom stereocenters. The minimum Gasteiger partial charge on any atom is -0.293 e. The average Bonchev–Trinajstić information content (AvgIpc) is 2.58. The van der Waals surface area contributed by atoms with Crippen molar-refractivity contribution in [2.45, 2.75) is 32.4 Å². The SMILES string of the molecule is O=c1c2c(F)cccc2n(CC2CCC2)c(=O)n1Cc1ccccn1. The van der Waals surface area contributed by atoms with Gasteiger partial charge in [0.2, 0.25) is 0 Å². The van der Waals surface area contributed by atoms with Crippen LogP contribution in [0.3, 0.4) is 0 Å². The van der Waals surface area contributed by atoms with E-state index in [0.29, 0.717) is 23.7 Å². The normalized spacial score (nSPS) is 14.6. The Bertz CT molecular complexity index is 1040. The second-order valence-electron chi connectivity index (χ2n) is 6.54. The maximum absolute atomic E-state index is 14.4. The maximum atomic E-state index is 14.4. The molecule has 1 aliphatic rings. The topological polar surface area (TPSA) is 56.9 Å². The molecule has 25 heavy (non-hydrogen) atoms. The molecule has 0 spiro atoms. The summed E-state index contributed by atoms with van der Waals surface area (Å²) in [6.07, 6.45) is 4.87. The molecule has 3 aromatic rings. The van der Waals surface area contributed by atoms with Crippen molar-refractivity contribution in [3.05, 3.63) is 74.9 Å². The van der Waals surface area contributed by atoms with E-state index in [1.807, 2.05) is 0 Å². The number of fused-ring (bicyclic) bond motifs is 1. The molecular formula is C19H18FN3O2. The van der Waals surface area contributed by atoms with E-state index in [1.54, 1.807) is 35.0 Å². The van der Waals surface area contributed by atoms with E-state index < -0.39 is 17.1 Å². The lowest BCUT2D eigenvalue weighted by Crippen LogP contribution is -2.42. The summed E-state index contributed by atoms with van der Waals surface area (Å²) in [6.45, 7) is 0.550. The fraction of sp³-hybridized carbons (Fsp3) is 0.316. The Morgan fingerprint density at radius 1 is 1.08 bits per heavy atom. The molecule has 5 nitrogen and oxygen atoms in total. The molecule has 4 rings (SSSR count). The Labute approximate surface area is 143 Å². The standard InChI is InChI=1S/C19H18FN3O2/c20-15-8-4-9-16-17(15)18(24)23(12-14-7-1-2-10-21-14)19(25)22(16)11-13-5-3-6-13/h1-2,4,7-10,13H,3,5-6,11-12H2. The zero-order chi connectivity index (χ0) is 17.4. The lowest BCUT2D eigenvalue weighted by atomic mass is 9.85. The van der Waals surface area contributed by atoms with Crippen LogP contribution < -0.4 is 11.2 Å². The van der Waals surface area contributed by atoms with Gasteiger partial charge >= 0.3 is 5.69 Å². The van der Waals surface area contributed by atoms with Crippen LogP contribution in [0.5, 0.6) is 0 Å². The predicted molar refractivity (Wildman–Crippen MR) is 93.1 cm³/mol. The van der Waals surface area contributed by atoms with Crippen LogP contribution in [0.25, 0.3) is 10.9 Å². The van der Waals surface area contributed by atoms with Crippen molar-refractivity contribution in [2.75, 3.05) is 0 Å². The predicted octanol–water partition coefficient (Wildman–Crippen LogP) is 2.55. The number of halogens is 1. The van der Waals surface area contributed by atoms with Gasteiger partial charge in [0, 0.05) is 12.7 Å². The van der Waals surface area contributed by atoms with Gasteiger partial charge in [-0.15, -0.1) is 0 Å². The Hall–Kier alpha value is -2.76. The quantitative estimate of drug-likeness (QED) is 0.734. The van der Waals surface area contributed by atoms with Crippen LogP contribution in [0.1, 0.15) is 25.0 Å². The number of benzene rings is 1. The molecule has 0 atom stereocenters. The van der Waals surface area contributed by atoms with Crippen molar-refractivity contribution in [2.24, 2.45) is 5.92 Å². The molecule has 1 saturated carbocycles. The number of pyridine rings is 1. The van der Waals surface area contributed by atoms with Crippen molar-refractivity contribution in [3.63, 3.8) is 0 Å². The second-order valence-corrected chi connectivity index (χ2v) is 6.54. The molecule has 0 bridgehead atoms. The van der Waals surface area contributed by atoms with Crippen molar-refractivity contribution in [1.82, 2.24) is 14.1 Å². The van der Waals surface area contributed by atoms with Crippen LogP contribution >= 0.6 is 0 Å². The van der Waals surface area contributed by atoms with Gasteiger partial charge in [0.25, 0.3) is 5.56 Å². The maximum Gasteiger partial charge on any atom is 0.331 e. The Balaban J connectivity index is 1.94. The van der Waals surface area contributed by atoms with Crippen molar-refractivity contribution >= 4 is 10.9 Å². The van der Waals surface area contributed by atoms with Gasteiger partial charge in [-0.05, 0) is 43.0 Å². The van der Waals surface area contributed by atoms with Crippen molar-refractivity contribution < 1.29 is 4.39 Å². The molecule has 0 saturated heterocycles. The molecule has 0 aliphatic heterocycles. The Morgan fingerprint density at radius 3 is 2.60 bits per heavy atom. The molecule has 1 aromatic carbocycles. The van der Waals surface area contributed by atoms with E-state index >= 15 is 0 Å². The van der Waals surface area contributed by atoms with E-state index in [-0.39, 0.29) is 11.9 Å². The first-order chi connectivity index (χ1) is 12.1. The fourth-order valence-electron chi connectivity index (χ4n) is 3.32. The van der Waals surface area contributed by atoms with Gasteiger partial charge in [0.05, 0.1) is 23.1 Å². The number of hydrogen-bond acceptors (Lipinski definition) is 3. The smallest absolute Gasteiger partial charge is 0.293 e. The highest BCUT2D eigenvalue weighted by Crippen LogP contribution is 2.28. The number of rotatable bonds is 4. The summed E-state index contributed by atoms with van der Waals surface area (Å²) in [6, 6.07) is 9.74. The minimum absolute atomic E-state index is 0.0302.